The summed E-state index contributed by atoms with van der Waals surface area (Å²) in [7, 11) is 0. The van der Waals surface area contributed by atoms with Crippen LogP contribution in [0.15, 0.2) is 473 Å². The summed E-state index contributed by atoms with van der Waals surface area (Å²) in [5.41, 5.74) is 39.4. The minimum Gasteiger partial charge on any atom is -0.0622 e. The molecule has 0 aliphatic heterocycles. The Morgan fingerprint density at radius 1 is 0.111 bits per heavy atom. The van der Waals surface area contributed by atoms with Gasteiger partial charge in [-0.15, -0.1) is 0 Å². The molecule has 0 saturated carbocycles. The third kappa shape index (κ3) is 13.2. The Bertz CT molecular complexity index is 8810. The monoisotopic (exact) mass is 1720 g/mol. The van der Waals surface area contributed by atoms with Crippen molar-refractivity contribution in [3.05, 3.63) is 507 Å². The lowest BCUT2D eigenvalue weighted by Crippen LogP contribution is -2.14. The Hall–Kier alpha value is -16.4. The topological polar surface area (TPSA) is 0 Å². The third-order valence-electron chi connectivity index (χ3n) is 30.1. The summed E-state index contributed by atoms with van der Waals surface area (Å²) in [5.74, 6) is 0. The van der Waals surface area contributed by atoms with Crippen LogP contribution in [0.5, 0.6) is 0 Å². The Morgan fingerprint density at radius 2 is 0.333 bits per heavy atom. The first-order valence-electron chi connectivity index (χ1n) is 47.6. The van der Waals surface area contributed by atoms with Crippen molar-refractivity contribution in [2.75, 3.05) is 0 Å². The molecule has 636 valence electrons. The second-order valence-electron chi connectivity index (χ2n) is 38.7. The van der Waals surface area contributed by atoms with Crippen LogP contribution < -0.4 is 0 Å². The van der Waals surface area contributed by atoms with Crippen molar-refractivity contribution >= 4 is 97.0 Å². The molecule has 27 rings (SSSR count). The largest absolute Gasteiger partial charge is 0.0622 e. The maximum Gasteiger partial charge on any atom is 0.0158 e. The van der Waals surface area contributed by atoms with E-state index in [-0.39, 0.29) is 16.2 Å². The predicted octanol–water partition coefficient (Wildman–Crippen LogP) is 37.4. The van der Waals surface area contributed by atoms with Gasteiger partial charge in [0.25, 0.3) is 0 Å². The number of fused-ring (bicyclic) bond motifs is 18. The van der Waals surface area contributed by atoms with Gasteiger partial charge in [-0.2, -0.15) is 0 Å². The molecule has 0 N–H and O–H groups in total. The van der Waals surface area contributed by atoms with Gasteiger partial charge in [0.15, 0.2) is 0 Å². The fraction of sp³-hybridized carbons (Fsp3) is 0.0667. The highest BCUT2D eigenvalue weighted by atomic mass is 14.4. The summed E-state index contributed by atoms with van der Waals surface area (Å²) in [6, 6.07) is 175. The zero-order valence-corrected chi connectivity index (χ0v) is 76.5. The molecule has 0 amide bonds. The van der Waals surface area contributed by atoms with E-state index in [2.05, 4.69) is 515 Å². The summed E-state index contributed by atoms with van der Waals surface area (Å²) >= 11 is 0. The normalized spacial score (nSPS) is 13.3. The fourth-order valence-corrected chi connectivity index (χ4v) is 23.7. The van der Waals surface area contributed by atoms with E-state index in [4.69, 9.17) is 0 Å². The number of hydrogen-bond acceptors (Lipinski definition) is 0. The molecule has 0 radical (unpaired) electrons. The van der Waals surface area contributed by atoms with Gasteiger partial charge < -0.3 is 0 Å². The van der Waals surface area contributed by atoms with E-state index < -0.39 is 0 Å². The Kier molecular flexibility index (Phi) is 19.1. The second-order valence-corrected chi connectivity index (χ2v) is 38.7. The molecule has 3 aliphatic carbocycles. The molecule has 135 heavy (non-hydrogen) atoms. The van der Waals surface area contributed by atoms with Gasteiger partial charge in [-0.25, -0.2) is 0 Å². The van der Waals surface area contributed by atoms with E-state index in [9.17, 15) is 0 Å². The van der Waals surface area contributed by atoms with Crippen LogP contribution in [0, 0.1) is 0 Å². The van der Waals surface area contributed by atoms with Crippen molar-refractivity contribution in [3.63, 3.8) is 0 Å². The van der Waals surface area contributed by atoms with Gasteiger partial charge in [0, 0.05) is 16.2 Å². The average molecular weight is 1720 g/mol. The van der Waals surface area contributed by atoms with Crippen LogP contribution in [-0.4, -0.2) is 0 Å². The highest BCUT2D eigenvalue weighted by Crippen LogP contribution is 2.57. The number of benzene rings is 24. The van der Waals surface area contributed by atoms with Gasteiger partial charge in [0.2, 0.25) is 0 Å². The zero-order valence-electron chi connectivity index (χ0n) is 76.5. The smallest absolute Gasteiger partial charge is 0.0158 e. The van der Waals surface area contributed by atoms with Gasteiger partial charge in [0.05, 0.1) is 0 Å². The summed E-state index contributed by atoms with van der Waals surface area (Å²) in [6.45, 7) is 14.1. The second kappa shape index (κ2) is 32.0. The van der Waals surface area contributed by atoms with Crippen molar-refractivity contribution < 1.29 is 0 Å². The highest BCUT2D eigenvalue weighted by Gasteiger charge is 2.39. The summed E-state index contributed by atoms with van der Waals surface area (Å²) in [6.07, 6.45) is 0. The molecule has 0 nitrogen and oxygen atoms in total. The molecule has 0 unspecified atom stereocenters. The SMILES string of the molecule is CC1(C)c2ccccc2-c2cc(-c3c4ccccc4c(-c4cc(-c5ccccc5)c5ccccc5c4)c4ccccc34)ccc21.CC1(C)c2ccccc2-c2cc(-c3c4ccccc4c(-c4cc(-c5ccccc5)cc5ccccc45)c4ccccc34)ccc21.CC1(C)c2ccccc2-c2cc(-c3c4ccccc4c(-c4ccc5cc(-c6ccccc6)ccc5c4)c4ccccc34)ccc21. The third-order valence-corrected chi connectivity index (χ3v) is 30.1. The quantitative estimate of drug-likeness (QED) is 0.126. The Labute approximate surface area is 789 Å². The summed E-state index contributed by atoms with van der Waals surface area (Å²) < 4.78 is 0. The van der Waals surface area contributed by atoms with Crippen molar-refractivity contribution in [1.29, 1.82) is 0 Å². The predicted molar refractivity (Wildman–Crippen MR) is 578 cm³/mol. The molecular weight excluding hydrogens is 1620 g/mol. The molecule has 0 heterocycles. The molecule has 0 spiro atoms. The maximum atomic E-state index is 2.45. The van der Waals surface area contributed by atoms with E-state index >= 15 is 0 Å². The number of hydrogen-bond donors (Lipinski definition) is 0. The molecule has 0 fully saturated rings. The first-order valence-corrected chi connectivity index (χ1v) is 47.6. The van der Waals surface area contributed by atoms with Gasteiger partial charge in [0.1, 0.15) is 0 Å². The first-order chi connectivity index (χ1) is 66.3. The van der Waals surface area contributed by atoms with Crippen LogP contribution in [0.25, 0.3) is 230 Å². The lowest BCUT2D eigenvalue weighted by Gasteiger charge is -2.22. The van der Waals surface area contributed by atoms with Crippen LogP contribution in [0.2, 0.25) is 0 Å². The molecule has 0 atom stereocenters. The fourth-order valence-electron chi connectivity index (χ4n) is 23.7. The van der Waals surface area contributed by atoms with E-state index in [1.54, 1.807) is 0 Å². The standard InChI is InChI=1S/3C45H32/c1-45(2)41-19-11-10-14-35(41)40-28-34(24-25-42(40)45)44-38-17-8-6-15-36(38)43(37-16-7-9-18-39(37)44)33-23-22-31-26-30(20-21-32(31)27-33)29-12-4-3-5-13-29;1-45(2)41-23-13-12-18-34(41)40-27-31(24-25-42(40)45)43-35-19-8-10-21-37(35)44(38-22-11-9-20-36(38)43)32-26-30-16-6-7-17-33(30)39(28-32)29-14-4-3-5-15-29;1-45(2)41-23-13-12-18-34(41)39-27-31(24-25-42(39)45)43-35-19-8-10-21-37(35)44(38-22-11-9-20-36(38)43)40-28-32(29-14-4-3-5-15-29)26-30-16-6-7-17-33(30)40/h3*3-28H,1-2H3. The minimum atomic E-state index is -0.0106. The van der Waals surface area contributed by atoms with Crippen LogP contribution in [0.4, 0.5) is 0 Å². The van der Waals surface area contributed by atoms with E-state index in [1.807, 2.05) is 0 Å². The molecule has 24 aromatic rings. The zero-order chi connectivity index (χ0) is 90.4. The van der Waals surface area contributed by atoms with Crippen LogP contribution >= 0.6 is 0 Å². The molecule has 0 heteroatoms. The molecule has 3 aliphatic rings. The van der Waals surface area contributed by atoms with Gasteiger partial charge in [-0.1, -0.05) is 460 Å². The first kappa shape index (κ1) is 80.7. The van der Waals surface area contributed by atoms with Crippen LogP contribution in [0.3, 0.4) is 0 Å². The van der Waals surface area contributed by atoms with Gasteiger partial charge in [-0.3, -0.25) is 0 Å². The Morgan fingerprint density at radius 3 is 0.696 bits per heavy atom. The molecular formula is C135H96. The lowest BCUT2D eigenvalue weighted by molar-refractivity contribution is 0.660. The maximum absolute atomic E-state index is 2.45. The lowest BCUT2D eigenvalue weighted by atomic mass is 9.81. The van der Waals surface area contributed by atoms with Crippen molar-refractivity contribution in [3.8, 4) is 134 Å². The van der Waals surface area contributed by atoms with E-state index in [1.165, 1.54) is 264 Å². The Balaban J connectivity index is 0.000000108. The molecule has 0 saturated heterocycles. The van der Waals surface area contributed by atoms with Crippen molar-refractivity contribution in [1.82, 2.24) is 0 Å². The van der Waals surface area contributed by atoms with Gasteiger partial charge in [-0.05, 0) is 318 Å². The number of rotatable bonds is 9. The molecule has 0 aromatic heterocycles. The average Bonchev–Trinajstić information content (AvgIpc) is 1.71. The summed E-state index contributed by atoms with van der Waals surface area (Å²) in [5, 5.41) is 23.0. The van der Waals surface area contributed by atoms with E-state index in [0.29, 0.717) is 0 Å². The van der Waals surface area contributed by atoms with E-state index in [0.717, 1.165) is 0 Å². The minimum absolute atomic E-state index is 0.00358. The van der Waals surface area contributed by atoms with Crippen LogP contribution in [-0.2, 0) is 16.2 Å². The van der Waals surface area contributed by atoms with Gasteiger partial charge >= 0.3 is 0 Å². The molecule has 0 bridgehead atoms. The van der Waals surface area contributed by atoms with Crippen LogP contribution in [0.1, 0.15) is 74.9 Å². The van der Waals surface area contributed by atoms with Crippen molar-refractivity contribution in [2.45, 2.75) is 57.8 Å². The summed E-state index contributed by atoms with van der Waals surface area (Å²) in [4.78, 5) is 0. The molecule has 24 aromatic carbocycles. The van der Waals surface area contributed by atoms with Crippen molar-refractivity contribution in [2.24, 2.45) is 0 Å². The highest BCUT2D eigenvalue weighted by molar-refractivity contribution is 6.27.